The van der Waals surface area contributed by atoms with Gasteiger partial charge in [0.25, 0.3) is 0 Å². The molecule has 24 saturated carbocycles. The lowest BCUT2D eigenvalue weighted by Crippen LogP contribution is -2.76. The van der Waals surface area contributed by atoms with Gasteiger partial charge < -0.3 is 118 Å². The van der Waals surface area contributed by atoms with E-state index in [0.717, 1.165) is 82.4 Å². The van der Waals surface area contributed by atoms with Crippen LogP contribution in [0.25, 0.3) is 0 Å². The van der Waals surface area contributed by atoms with Gasteiger partial charge in [-0.15, -0.1) is 0 Å². The molecule has 36 nitrogen and oxygen atoms in total. The zero-order valence-corrected chi connectivity index (χ0v) is 81.1. The van der Waals surface area contributed by atoms with Crippen molar-refractivity contribution in [2.75, 3.05) is 39.6 Å². The van der Waals surface area contributed by atoms with Gasteiger partial charge in [0.05, 0.1) is 80.2 Å². The van der Waals surface area contributed by atoms with Crippen LogP contribution in [0.5, 0.6) is 0 Å². The molecule has 24 aliphatic rings. The van der Waals surface area contributed by atoms with Crippen molar-refractivity contribution in [1.82, 2.24) is 0 Å². The Morgan fingerprint density at radius 2 is 0.507 bits per heavy atom. The zero-order valence-electron chi connectivity index (χ0n) is 81.1. The monoisotopic (exact) mass is 1940 g/mol. The Morgan fingerprint density at radius 3 is 0.833 bits per heavy atom. The molecule has 0 amide bonds. The third-order valence-corrected chi connectivity index (χ3v) is 34.9. The molecule has 24 fully saturated rings. The van der Waals surface area contributed by atoms with E-state index in [0.29, 0.717) is 94.3 Å². The molecule has 22 unspecified atom stereocenters. The molecule has 138 heavy (non-hydrogen) atoms. The van der Waals surface area contributed by atoms with Crippen molar-refractivity contribution >= 4 is 71.6 Å². The molecule has 0 aromatic heterocycles. The number of rotatable bonds is 27. The molecule has 0 radical (unpaired) electrons. The van der Waals surface area contributed by atoms with E-state index >= 15 is 0 Å². The van der Waals surface area contributed by atoms with Crippen molar-refractivity contribution in [3.05, 3.63) is 74.4 Å². The highest BCUT2D eigenvalue weighted by Crippen LogP contribution is 2.70. The zero-order chi connectivity index (χ0) is 102. The summed E-state index contributed by atoms with van der Waals surface area (Å²) in [5.74, 6) is -6.48. The minimum absolute atomic E-state index is 0.00894. The number of esters is 12. The normalized spacial score (nSPS) is 44.0. The predicted octanol–water partition coefficient (Wildman–Crippen LogP) is 6.56. The van der Waals surface area contributed by atoms with Crippen LogP contribution in [0.4, 0.5) is 0 Å². The Morgan fingerprint density at radius 1 is 0.261 bits per heavy atom. The minimum atomic E-state index is -1.28. The molecule has 36 heteroatoms. The summed E-state index contributed by atoms with van der Waals surface area (Å²) in [5.41, 5.74) is -17.3. The van der Waals surface area contributed by atoms with E-state index in [9.17, 15) is 119 Å². The quantitative estimate of drug-likeness (QED) is 0.0179. The number of aliphatic hydroxyl groups is 12. The molecule has 24 rings (SSSR count). The Labute approximate surface area is 803 Å². The predicted molar refractivity (Wildman–Crippen MR) is 481 cm³/mol. The van der Waals surface area contributed by atoms with Crippen LogP contribution in [0.1, 0.15) is 274 Å². The fraction of sp³-hybridized carbons (Fsp3) is 0.765. The summed E-state index contributed by atoms with van der Waals surface area (Å²) in [7, 11) is 0. The van der Waals surface area contributed by atoms with Gasteiger partial charge in [0, 0.05) is 167 Å². The van der Waals surface area contributed by atoms with Crippen LogP contribution in [0.2, 0.25) is 0 Å². The second-order valence-electron chi connectivity index (χ2n) is 46.0. The molecule has 0 heterocycles. The maximum atomic E-state index is 12.2. The molecule has 22 atom stereocenters. The number of carbonyl (C=O) groups is 12. The molecule has 12 N–H and O–H groups in total. The van der Waals surface area contributed by atoms with Gasteiger partial charge in [0.1, 0.15) is 40.2 Å². The molecular formula is C102H144O36. The third-order valence-electron chi connectivity index (χ3n) is 34.9. The van der Waals surface area contributed by atoms with Gasteiger partial charge in [0.15, 0.2) is 26.4 Å². The van der Waals surface area contributed by atoms with Crippen molar-refractivity contribution in [3.8, 4) is 0 Å². The first kappa shape index (κ1) is 107. The molecule has 768 valence electrons. The van der Waals surface area contributed by atoms with Crippen molar-refractivity contribution in [2.24, 2.45) is 71.0 Å². The molecular weight excluding hydrogens is 1800 g/mol. The SMILES string of the molecule is C=C(C)C(=O)OCC(=O)OC12CC3(O)CC(O)(CC(O)(C3)C1C)C2.C=C(C)C(=O)OCC(=O)OC12CC3CC(CC(O)(C3)C1C)C2.C=C(C)C(=O)OCC(=O)OC12CC3CC(O)(CC(O)(C3)C1C)C2.C=CC(=O)OCC(=O)OC12CC3CC(O)(CC(O)(C3)C1C)C2.C=CC(=O)OCCC(=O)OC12CC3(O)CC(O)(CC(O)(C3)C1C)C2.C=CC(=O)OCCCC(=O)OC12CC3CC(CC(O)(C3)C1C)C2. The lowest BCUT2D eigenvalue weighted by Gasteiger charge is -2.67. The number of carbonyl (C=O) groups excluding carboxylic acids is 12. The van der Waals surface area contributed by atoms with Gasteiger partial charge in [-0.1, -0.05) is 81.0 Å². The first-order chi connectivity index (χ1) is 63.8. The maximum Gasteiger partial charge on any atom is 0.344 e. The van der Waals surface area contributed by atoms with Crippen molar-refractivity contribution in [3.63, 3.8) is 0 Å². The third kappa shape index (κ3) is 21.8. The Kier molecular flexibility index (Phi) is 29.5. The lowest BCUT2D eigenvalue weighted by atomic mass is 9.45. The maximum absolute atomic E-state index is 12.2. The van der Waals surface area contributed by atoms with Crippen LogP contribution in [-0.2, 0) is 114 Å². The van der Waals surface area contributed by atoms with Crippen LogP contribution >= 0.6 is 0 Å². The van der Waals surface area contributed by atoms with Crippen molar-refractivity contribution < 1.29 is 176 Å². The van der Waals surface area contributed by atoms with Crippen LogP contribution < -0.4 is 0 Å². The van der Waals surface area contributed by atoms with Gasteiger partial charge in [-0.2, -0.15) is 0 Å². The largest absolute Gasteiger partial charge is 0.463 e. The molecule has 0 saturated heterocycles. The fourth-order valence-corrected chi connectivity index (χ4v) is 30.5. The summed E-state index contributed by atoms with van der Waals surface area (Å²) < 4.78 is 62.9. The van der Waals surface area contributed by atoms with E-state index in [-0.39, 0.29) is 148 Å². The second kappa shape index (κ2) is 38.0. The first-order valence-corrected chi connectivity index (χ1v) is 48.7. The van der Waals surface area contributed by atoms with Crippen LogP contribution in [-0.4, -0.2) is 273 Å². The van der Waals surface area contributed by atoms with Gasteiger partial charge in [-0.25, -0.2) is 47.9 Å². The summed E-state index contributed by atoms with van der Waals surface area (Å²) in [5, 5.41) is 129. The van der Waals surface area contributed by atoms with Gasteiger partial charge >= 0.3 is 71.6 Å². The average molecular weight is 1950 g/mol. The number of hydrogen-bond donors (Lipinski definition) is 12. The van der Waals surface area contributed by atoms with E-state index in [1.54, 1.807) is 13.8 Å². The number of hydrogen-bond acceptors (Lipinski definition) is 36. The highest BCUT2D eigenvalue weighted by atomic mass is 16.6. The Balaban J connectivity index is 0.000000140. The molecule has 0 aromatic rings. The molecule has 0 aromatic carbocycles. The van der Waals surface area contributed by atoms with Crippen molar-refractivity contribution in [2.45, 2.75) is 375 Å². The van der Waals surface area contributed by atoms with Gasteiger partial charge in [-0.05, 0) is 165 Å². The highest BCUT2D eigenvalue weighted by Gasteiger charge is 2.77. The summed E-state index contributed by atoms with van der Waals surface area (Å²) >= 11 is 0. The van der Waals surface area contributed by atoms with E-state index in [2.05, 4.69) is 39.5 Å². The smallest absolute Gasteiger partial charge is 0.344 e. The second-order valence-corrected chi connectivity index (χ2v) is 46.0. The summed E-state index contributed by atoms with van der Waals surface area (Å²) in [6.07, 6.45) is 19.6. The van der Waals surface area contributed by atoms with E-state index < -0.39 is 205 Å². The van der Waals surface area contributed by atoms with Gasteiger partial charge in [0.2, 0.25) is 0 Å². The average Bonchev–Trinajstić information content (AvgIpc) is 0.684. The highest BCUT2D eigenvalue weighted by molar-refractivity contribution is 5.90. The van der Waals surface area contributed by atoms with E-state index in [4.69, 9.17) is 56.8 Å². The van der Waals surface area contributed by atoms with Crippen molar-refractivity contribution in [1.29, 1.82) is 0 Å². The molecule has 0 spiro atoms. The molecule has 24 bridgehead atoms. The standard InChI is InChI=1S/C18H26O5.2C17H24O7.C17H24O6.C17H24O5.C16H22O6/c1-3-15(19)22-6-4-5-16(20)23-18-10-13-7-14(11-18)9-17(21,8-13)12(18)2;1-10(2)13(19)23-4-12(18)24-17-8-14(20)5-15(21,9-17)7-16(22,6-14)11(17)3;1-3-12(18)23-5-4-13(19)24-17-9-14(20)6-15(21,10-17)8-16(22,7-14)11(17)2;1-10(2)14(19)22-7-13(18)23-17-6-12-4-15(20,9-17)8-16(21,5-12)11(17)3;1-10(2)15(19)21-9-14(18)22-17-7-12-4-13(8-17)6-16(20,5-12)11(17)3;1-3-12(17)21-7-13(18)22-16-6-11-4-14(19,9-16)8-15(20,5-11)10(16)2/h3,12-14,21H,1,4-11H2,2H3;11,20-22H,1,4-9H2,2-3H3;3,11,20-22H,1,4-10H2,2H3;11-12,20-21H,1,4-9H2,2-3H3;11-13,20H,1,4-9H2,2-3H3;3,10-11,19-20H,1,4-9H2,2H3. The Hall–Kier alpha value is -8.40. The topological polar surface area (TPSA) is 558 Å². The van der Waals surface area contributed by atoms with E-state index in [1.165, 1.54) is 20.8 Å². The first-order valence-electron chi connectivity index (χ1n) is 48.7. The fourth-order valence-electron chi connectivity index (χ4n) is 30.5. The Bertz CT molecular complexity index is 4780. The number of ether oxygens (including phenoxy) is 12. The molecule has 0 aliphatic heterocycles. The summed E-state index contributed by atoms with van der Waals surface area (Å²) in [6, 6.07) is 0. The minimum Gasteiger partial charge on any atom is -0.463 e. The van der Waals surface area contributed by atoms with Crippen LogP contribution in [0.15, 0.2) is 74.4 Å². The van der Waals surface area contributed by atoms with E-state index in [1.807, 2.05) is 27.7 Å². The van der Waals surface area contributed by atoms with Crippen LogP contribution in [0.3, 0.4) is 0 Å². The van der Waals surface area contributed by atoms with Gasteiger partial charge in [-0.3, -0.25) is 9.59 Å². The molecule has 24 aliphatic carbocycles. The van der Waals surface area contributed by atoms with Crippen LogP contribution in [0, 0.1) is 71.0 Å². The summed E-state index contributed by atoms with van der Waals surface area (Å²) in [4.78, 5) is 140. The summed E-state index contributed by atoms with van der Waals surface area (Å²) in [6.45, 7) is 34.1. The lowest BCUT2D eigenvalue weighted by molar-refractivity contribution is -0.327.